The fourth-order valence-electron chi connectivity index (χ4n) is 3.70. The van der Waals surface area contributed by atoms with Crippen LogP contribution in [-0.4, -0.2) is 57.4 Å². The highest BCUT2D eigenvalue weighted by Gasteiger charge is 2.24. The van der Waals surface area contributed by atoms with Gasteiger partial charge in [0.1, 0.15) is 5.82 Å². The maximum Gasteiger partial charge on any atom is 0.253 e. The third-order valence-electron chi connectivity index (χ3n) is 5.62. The Balaban J connectivity index is 1.74. The van der Waals surface area contributed by atoms with E-state index in [1.807, 2.05) is 6.92 Å². The molecule has 6 nitrogen and oxygen atoms in total. The molecule has 0 aromatic heterocycles. The Kier molecular flexibility index (Phi) is 6.90. The molecule has 2 aromatic rings. The Bertz CT molecular complexity index is 1020. The Hall–Kier alpha value is -2.29. The first-order chi connectivity index (χ1) is 14.2. The van der Waals surface area contributed by atoms with Gasteiger partial charge in [-0.1, -0.05) is 12.1 Å². The molecule has 0 saturated carbocycles. The molecule has 1 saturated heterocycles. The first-order valence-corrected chi connectivity index (χ1v) is 11.5. The summed E-state index contributed by atoms with van der Waals surface area (Å²) < 4.78 is 40.1. The number of amides is 1. The van der Waals surface area contributed by atoms with Crippen LogP contribution >= 0.6 is 0 Å². The predicted molar refractivity (Wildman–Crippen MR) is 114 cm³/mol. The van der Waals surface area contributed by atoms with Crippen molar-refractivity contribution < 1.29 is 17.6 Å². The smallest absolute Gasteiger partial charge is 0.253 e. The van der Waals surface area contributed by atoms with E-state index in [-0.39, 0.29) is 16.6 Å². The van der Waals surface area contributed by atoms with Crippen molar-refractivity contribution in [3.8, 4) is 0 Å². The number of sulfonamides is 1. The zero-order chi connectivity index (χ0) is 21.9. The molecule has 1 aliphatic rings. The van der Waals surface area contributed by atoms with Crippen molar-refractivity contribution in [2.75, 3.05) is 33.2 Å². The summed E-state index contributed by atoms with van der Waals surface area (Å²) in [6.07, 6.45) is 0.819. The van der Waals surface area contributed by atoms with E-state index >= 15 is 0 Å². The minimum absolute atomic E-state index is 0.140. The van der Waals surface area contributed by atoms with E-state index in [0.717, 1.165) is 24.1 Å². The topological polar surface area (TPSA) is 69.7 Å². The van der Waals surface area contributed by atoms with Gasteiger partial charge in [-0.3, -0.25) is 9.69 Å². The van der Waals surface area contributed by atoms with E-state index < -0.39 is 10.0 Å². The summed E-state index contributed by atoms with van der Waals surface area (Å²) in [7, 11) is -2.28. The summed E-state index contributed by atoms with van der Waals surface area (Å²) in [5.41, 5.74) is 2.83. The molecule has 0 atom stereocenters. The summed E-state index contributed by atoms with van der Waals surface area (Å²) in [5.74, 6) is -0.409. The van der Waals surface area contributed by atoms with Gasteiger partial charge in [-0.2, -0.15) is 0 Å². The molecule has 162 valence electrons. The lowest BCUT2D eigenvalue weighted by atomic mass is 10.1. The van der Waals surface area contributed by atoms with Gasteiger partial charge < -0.3 is 4.90 Å². The summed E-state index contributed by atoms with van der Waals surface area (Å²) in [4.78, 5) is 17.3. The Morgan fingerprint density at radius 1 is 1.07 bits per heavy atom. The quantitative estimate of drug-likeness (QED) is 0.787. The van der Waals surface area contributed by atoms with Crippen molar-refractivity contribution in [3.05, 3.63) is 64.5 Å². The van der Waals surface area contributed by atoms with E-state index in [1.54, 1.807) is 30.0 Å². The highest BCUT2D eigenvalue weighted by atomic mass is 32.2. The molecule has 8 heteroatoms. The van der Waals surface area contributed by atoms with E-state index in [1.165, 1.54) is 25.2 Å². The minimum Gasteiger partial charge on any atom is -0.337 e. The molecule has 0 spiro atoms. The molecule has 30 heavy (non-hydrogen) atoms. The SMILES string of the molecule is CNS(=O)(=O)c1cc(C(=O)N2CCCN(Cc3ccc(F)cc3)CC2)cc(C)c1C. The number of nitrogens with zero attached hydrogens (tertiary/aromatic N) is 2. The highest BCUT2D eigenvalue weighted by molar-refractivity contribution is 7.89. The van der Waals surface area contributed by atoms with Crippen LogP contribution in [0.15, 0.2) is 41.3 Å². The van der Waals surface area contributed by atoms with E-state index in [4.69, 9.17) is 0 Å². The van der Waals surface area contributed by atoms with Gasteiger partial charge in [0.25, 0.3) is 5.91 Å². The van der Waals surface area contributed by atoms with E-state index in [2.05, 4.69) is 9.62 Å². The van der Waals surface area contributed by atoms with Crippen molar-refractivity contribution in [2.24, 2.45) is 0 Å². The Morgan fingerprint density at radius 2 is 1.77 bits per heavy atom. The number of rotatable bonds is 5. The van der Waals surface area contributed by atoms with E-state index in [9.17, 15) is 17.6 Å². The van der Waals surface area contributed by atoms with Gasteiger partial charge in [-0.25, -0.2) is 17.5 Å². The monoisotopic (exact) mass is 433 g/mol. The Morgan fingerprint density at radius 3 is 2.43 bits per heavy atom. The van der Waals surface area contributed by atoms with Crippen LogP contribution < -0.4 is 4.72 Å². The average Bonchev–Trinajstić information content (AvgIpc) is 2.96. The molecule has 0 bridgehead atoms. The highest BCUT2D eigenvalue weighted by Crippen LogP contribution is 2.22. The molecule has 1 amide bonds. The average molecular weight is 434 g/mol. The normalized spacial score (nSPS) is 15.8. The second-order valence-electron chi connectivity index (χ2n) is 7.67. The lowest BCUT2D eigenvalue weighted by molar-refractivity contribution is 0.0760. The Labute approximate surface area is 177 Å². The van der Waals surface area contributed by atoms with E-state index in [0.29, 0.717) is 37.3 Å². The number of carbonyl (C=O) groups excluding carboxylic acids is 1. The van der Waals surface area contributed by atoms with Gasteiger partial charge in [-0.15, -0.1) is 0 Å². The standard InChI is InChI=1S/C22H28FN3O3S/c1-16-13-19(14-21(17(16)2)30(28,29)24-3)22(27)26-10-4-9-25(11-12-26)15-18-5-7-20(23)8-6-18/h5-8,13-14,24H,4,9-12,15H2,1-3H3. The van der Waals surface area contributed by atoms with Gasteiger partial charge in [-0.05, 0) is 68.3 Å². The van der Waals surface area contributed by atoms with Crippen LogP contribution in [0.25, 0.3) is 0 Å². The fourth-order valence-corrected chi connectivity index (χ4v) is 4.77. The van der Waals surface area contributed by atoms with Crippen LogP contribution in [0.5, 0.6) is 0 Å². The second-order valence-corrected chi connectivity index (χ2v) is 9.53. The van der Waals surface area contributed by atoms with Gasteiger partial charge in [0, 0.05) is 38.3 Å². The van der Waals surface area contributed by atoms with Crippen LogP contribution in [0.4, 0.5) is 4.39 Å². The van der Waals surface area contributed by atoms with Crippen LogP contribution in [0.3, 0.4) is 0 Å². The second kappa shape index (κ2) is 9.24. The van der Waals surface area contributed by atoms with Crippen LogP contribution in [0.1, 0.15) is 33.5 Å². The zero-order valence-electron chi connectivity index (χ0n) is 17.6. The van der Waals surface area contributed by atoms with Crippen molar-refractivity contribution >= 4 is 15.9 Å². The van der Waals surface area contributed by atoms with Crippen molar-refractivity contribution in [3.63, 3.8) is 0 Å². The number of hydrogen-bond donors (Lipinski definition) is 1. The van der Waals surface area contributed by atoms with Crippen molar-refractivity contribution in [1.82, 2.24) is 14.5 Å². The molecular formula is C22H28FN3O3S. The van der Waals surface area contributed by atoms with Crippen LogP contribution in [0, 0.1) is 19.7 Å². The molecule has 2 aromatic carbocycles. The largest absolute Gasteiger partial charge is 0.337 e. The zero-order valence-corrected chi connectivity index (χ0v) is 18.4. The minimum atomic E-state index is -3.65. The number of halogens is 1. The maximum atomic E-state index is 13.1. The summed E-state index contributed by atoms with van der Waals surface area (Å²) >= 11 is 0. The summed E-state index contributed by atoms with van der Waals surface area (Å²) in [5, 5.41) is 0. The van der Waals surface area contributed by atoms with Gasteiger partial charge in [0.2, 0.25) is 10.0 Å². The molecule has 0 unspecified atom stereocenters. The fraction of sp³-hybridized carbons (Fsp3) is 0.409. The maximum absolute atomic E-state index is 13.1. The molecule has 0 aliphatic carbocycles. The van der Waals surface area contributed by atoms with Gasteiger partial charge in [0.15, 0.2) is 0 Å². The number of carbonyl (C=O) groups is 1. The molecule has 1 N–H and O–H groups in total. The molecule has 3 rings (SSSR count). The summed E-state index contributed by atoms with van der Waals surface area (Å²) in [6.45, 7) is 6.97. The first kappa shape index (κ1) is 22.4. The molecule has 0 radical (unpaired) electrons. The van der Waals surface area contributed by atoms with Crippen LogP contribution in [0.2, 0.25) is 0 Å². The summed E-state index contributed by atoms with van der Waals surface area (Å²) in [6, 6.07) is 9.70. The van der Waals surface area contributed by atoms with Crippen LogP contribution in [-0.2, 0) is 16.6 Å². The molecule has 1 fully saturated rings. The third kappa shape index (κ3) is 5.06. The number of hydrogen-bond acceptors (Lipinski definition) is 4. The lowest BCUT2D eigenvalue weighted by Crippen LogP contribution is -2.35. The molecule has 1 aliphatic heterocycles. The first-order valence-electron chi connectivity index (χ1n) is 10.0. The molecule has 1 heterocycles. The predicted octanol–water partition coefficient (Wildman–Crippen LogP) is 2.70. The third-order valence-corrected chi connectivity index (χ3v) is 7.16. The lowest BCUT2D eigenvalue weighted by Gasteiger charge is -2.23. The van der Waals surface area contributed by atoms with Crippen molar-refractivity contribution in [1.29, 1.82) is 0 Å². The molecular weight excluding hydrogens is 405 g/mol. The van der Waals surface area contributed by atoms with Gasteiger partial charge in [0.05, 0.1) is 4.90 Å². The number of aryl methyl sites for hydroxylation is 1. The van der Waals surface area contributed by atoms with Crippen molar-refractivity contribution in [2.45, 2.75) is 31.7 Å². The number of benzene rings is 2. The van der Waals surface area contributed by atoms with Gasteiger partial charge >= 0.3 is 0 Å². The number of nitrogens with one attached hydrogen (secondary N) is 1.